The Bertz CT molecular complexity index is 248. The van der Waals surface area contributed by atoms with Gasteiger partial charge in [0.2, 0.25) is 7.37 Å². The van der Waals surface area contributed by atoms with E-state index in [1.807, 2.05) is 12.2 Å². The second kappa shape index (κ2) is 3.59. The maximum absolute atomic E-state index is 12.0. The SMILES string of the molecule is C[C@H]1CCC[C@H]1OP1(=O)CC=CC1. The Morgan fingerprint density at radius 1 is 1.31 bits per heavy atom. The summed E-state index contributed by atoms with van der Waals surface area (Å²) in [6.45, 7) is 2.20. The molecule has 13 heavy (non-hydrogen) atoms. The molecule has 0 aromatic carbocycles. The molecule has 1 fully saturated rings. The molecule has 0 unspecified atom stereocenters. The van der Waals surface area contributed by atoms with Crippen molar-refractivity contribution in [2.24, 2.45) is 5.92 Å². The first kappa shape index (κ1) is 9.48. The highest BCUT2D eigenvalue weighted by Crippen LogP contribution is 2.53. The molecule has 0 aromatic rings. The van der Waals surface area contributed by atoms with Gasteiger partial charge in [-0.15, -0.1) is 0 Å². The monoisotopic (exact) mass is 200 g/mol. The maximum Gasteiger partial charge on any atom is 0.210 e. The first-order chi connectivity index (χ1) is 6.20. The van der Waals surface area contributed by atoms with E-state index in [9.17, 15) is 4.57 Å². The molecule has 1 aliphatic heterocycles. The first-order valence-corrected chi connectivity index (χ1v) is 7.11. The molecule has 2 nitrogen and oxygen atoms in total. The van der Waals surface area contributed by atoms with Crippen molar-refractivity contribution in [2.75, 3.05) is 12.3 Å². The largest absolute Gasteiger partial charge is 0.324 e. The van der Waals surface area contributed by atoms with Gasteiger partial charge in [-0.1, -0.05) is 25.5 Å². The van der Waals surface area contributed by atoms with E-state index < -0.39 is 7.37 Å². The Morgan fingerprint density at radius 2 is 2.00 bits per heavy atom. The summed E-state index contributed by atoms with van der Waals surface area (Å²) < 4.78 is 17.8. The van der Waals surface area contributed by atoms with Crippen molar-refractivity contribution >= 4 is 7.37 Å². The second-order valence-electron chi connectivity index (χ2n) is 4.20. The highest BCUT2D eigenvalue weighted by molar-refractivity contribution is 7.59. The van der Waals surface area contributed by atoms with E-state index in [1.54, 1.807) is 0 Å². The number of allylic oxidation sites excluding steroid dienone is 2. The summed E-state index contributed by atoms with van der Waals surface area (Å²) in [5, 5.41) is 0. The zero-order valence-corrected chi connectivity index (χ0v) is 9.00. The van der Waals surface area contributed by atoms with Gasteiger partial charge in [0.1, 0.15) is 0 Å². The van der Waals surface area contributed by atoms with Crippen LogP contribution in [0.25, 0.3) is 0 Å². The lowest BCUT2D eigenvalue weighted by atomic mass is 10.1. The predicted octanol–water partition coefficient (Wildman–Crippen LogP) is 3.04. The summed E-state index contributed by atoms with van der Waals surface area (Å²) in [6, 6.07) is 0. The Labute approximate surface area is 79.8 Å². The van der Waals surface area contributed by atoms with Crippen molar-refractivity contribution in [3.63, 3.8) is 0 Å². The van der Waals surface area contributed by atoms with Crippen LogP contribution < -0.4 is 0 Å². The van der Waals surface area contributed by atoms with Gasteiger partial charge in [-0.2, -0.15) is 0 Å². The minimum absolute atomic E-state index is 0.269. The highest BCUT2D eigenvalue weighted by atomic mass is 31.2. The molecule has 2 aliphatic rings. The summed E-state index contributed by atoms with van der Waals surface area (Å²) in [6.07, 6.45) is 9.14. The molecule has 2 atom stereocenters. The molecular formula is C10H17O2P. The van der Waals surface area contributed by atoms with Crippen molar-refractivity contribution in [2.45, 2.75) is 32.3 Å². The normalized spacial score (nSPS) is 37.0. The summed E-state index contributed by atoms with van der Waals surface area (Å²) in [4.78, 5) is 0. The fourth-order valence-electron chi connectivity index (χ4n) is 2.15. The van der Waals surface area contributed by atoms with Gasteiger partial charge in [-0.05, 0) is 18.8 Å². The first-order valence-electron chi connectivity index (χ1n) is 5.11. The van der Waals surface area contributed by atoms with Gasteiger partial charge in [0.25, 0.3) is 0 Å². The maximum atomic E-state index is 12.0. The molecule has 0 saturated heterocycles. The molecule has 0 amide bonds. The third-order valence-electron chi connectivity index (χ3n) is 3.04. The zero-order chi connectivity index (χ0) is 9.31. The van der Waals surface area contributed by atoms with Gasteiger partial charge in [-0.3, -0.25) is 4.57 Å². The van der Waals surface area contributed by atoms with Crippen molar-refractivity contribution in [3.05, 3.63) is 12.2 Å². The highest BCUT2D eigenvalue weighted by Gasteiger charge is 2.33. The van der Waals surface area contributed by atoms with E-state index >= 15 is 0 Å². The third kappa shape index (κ3) is 2.05. The molecule has 0 spiro atoms. The molecule has 3 heteroatoms. The van der Waals surface area contributed by atoms with Crippen molar-refractivity contribution in [1.29, 1.82) is 0 Å². The quantitative estimate of drug-likeness (QED) is 0.506. The summed E-state index contributed by atoms with van der Waals surface area (Å²) in [5.41, 5.74) is 0. The Morgan fingerprint density at radius 3 is 2.54 bits per heavy atom. The fourth-order valence-corrected chi connectivity index (χ4v) is 4.21. The average molecular weight is 200 g/mol. The molecule has 1 aliphatic carbocycles. The molecule has 2 rings (SSSR count). The number of rotatable bonds is 2. The van der Waals surface area contributed by atoms with Crippen LogP contribution in [0.2, 0.25) is 0 Å². The van der Waals surface area contributed by atoms with E-state index in [0.717, 1.165) is 6.42 Å². The van der Waals surface area contributed by atoms with Crippen LogP contribution in [0.1, 0.15) is 26.2 Å². The standard InChI is InChI=1S/C10H17O2P/c1-9-5-4-6-10(9)12-13(11)7-2-3-8-13/h2-3,9-10H,4-8H2,1H3/t9-,10+/m0/s1. The lowest BCUT2D eigenvalue weighted by Gasteiger charge is -2.21. The van der Waals surface area contributed by atoms with Crippen LogP contribution in [-0.2, 0) is 9.09 Å². The average Bonchev–Trinajstić information content (AvgIpc) is 2.64. The van der Waals surface area contributed by atoms with Crippen molar-refractivity contribution in [1.82, 2.24) is 0 Å². The van der Waals surface area contributed by atoms with E-state index in [0.29, 0.717) is 18.2 Å². The number of hydrogen-bond acceptors (Lipinski definition) is 2. The van der Waals surface area contributed by atoms with Crippen LogP contribution in [0, 0.1) is 5.92 Å². The molecule has 1 saturated carbocycles. The Kier molecular flexibility index (Phi) is 2.62. The van der Waals surface area contributed by atoms with E-state index in [2.05, 4.69) is 6.92 Å². The third-order valence-corrected chi connectivity index (χ3v) is 5.23. The van der Waals surface area contributed by atoms with Crippen LogP contribution in [0.4, 0.5) is 0 Å². The van der Waals surface area contributed by atoms with Crippen LogP contribution in [0.15, 0.2) is 12.2 Å². The van der Waals surface area contributed by atoms with Crippen LogP contribution >= 0.6 is 7.37 Å². The van der Waals surface area contributed by atoms with Crippen molar-refractivity contribution in [3.8, 4) is 0 Å². The van der Waals surface area contributed by atoms with Crippen LogP contribution in [-0.4, -0.2) is 18.4 Å². The summed E-state index contributed by atoms with van der Waals surface area (Å²) >= 11 is 0. The van der Waals surface area contributed by atoms with Gasteiger partial charge in [0.15, 0.2) is 0 Å². The molecule has 74 valence electrons. The lowest BCUT2D eigenvalue weighted by molar-refractivity contribution is 0.172. The molecule has 0 radical (unpaired) electrons. The fraction of sp³-hybridized carbons (Fsp3) is 0.800. The Hall–Kier alpha value is -0.0700. The van der Waals surface area contributed by atoms with E-state index in [4.69, 9.17) is 4.52 Å². The summed E-state index contributed by atoms with van der Waals surface area (Å²) in [5.74, 6) is 0.603. The molecule has 0 aromatic heterocycles. The van der Waals surface area contributed by atoms with Crippen LogP contribution in [0.5, 0.6) is 0 Å². The topological polar surface area (TPSA) is 26.3 Å². The smallest absolute Gasteiger partial charge is 0.210 e. The van der Waals surface area contributed by atoms with E-state index in [1.165, 1.54) is 12.8 Å². The molecule has 1 heterocycles. The Balaban J connectivity index is 1.93. The van der Waals surface area contributed by atoms with Gasteiger partial charge in [0, 0.05) is 12.3 Å². The van der Waals surface area contributed by atoms with Gasteiger partial charge < -0.3 is 4.52 Å². The number of hydrogen-bond donors (Lipinski definition) is 0. The second-order valence-corrected chi connectivity index (χ2v) is 6.77. The minimum atomic E-state index is -2.27. The van der Waals surface area contributed by atoms with Gasteiger partial charge >= 0.3 is 0 Å². The van der Waals surface area contributed by atoms with Crippen LogP contribution in [0.3, 0.4) is 0 Å². The molecule has 0 bridgehead atoms. The van der Waals surface area contributed by atoms with E-state index in [-0.39, 0.29) is 6.10 Å². The molecular weight excluding hydrogens is 183 g/mol. The lowest BCUT2D eigenvalue weighted by Crippen LogP contribution is -2.14. The zero-order valence-electron chi connectivity index (χ0n) is 8.11. The summed E-state index contributed by atoms with van der Waals surface area (Å²) in [7, 11) is -2.27. The van der Waals surface area contributed by atoms with Crippen molar-refractivity contribution < 1.29 is 9.09 Å². The minimum Gasteiger partial charge on any atom is -0.324 e. The predicted molar refractivity (Wildman–Crippen MR) is 54.4 cm³/mol. The molecule has 0 N–H and O–H groups in total. The van der Waals surface area contributed by atoms with Gasteiger partial charge in [0.05, 0.1) is 6.10 Å². The van der Waals surface area contributed by atoms with Gasteiger partial charge in [-0.25, -0.2) is 0 Å².